The number of pyridine rings is 1. The summed E-state index contributed by atoms with van der Waals surface area (Å²) in [4.78, 5) is 18.5. The van der Waals surface area contributed by atoms with Crippen molar-refractivity contribution in [2.45, 2.75) is 71.2 Å². The van der Waals surface area contributed by atoms with Crippen LogP contribution in [0, 0.1) is 0 Å². The lowest BCUT2D eigenvalue weighted by Crippen LogP contribution is -2.62. The number of ether oxygens (including phenoxy) is 2. The van der Waals surface area contributed by atoms with Crippen molar-refractivity contribution in [1.29, 1.82) is 0 Å². The fourth-order valence-electron chi connectivity index (χ4n) is 3.21. The number of hydrogen-bond acceptors (Lipinski definition) is 5. The molecule has 0 radical (unpaired) electrons. The van der Waals surface area contributed by atoms with E-state index in [-0.39, 0.29) is 22.9 Å². The van der Waals surface area contributed by atoms with Gasteiger partial charge < -0.3 is 19.7 Å². The Kier molecular flexibility index (Phi) is 6.87. The molecule has 1 aromatic rings. The number of halogens is 2. The van der Waals surface area contributed by atoms with E-state index in [1.807, 2.05) is 34.7 Å². The van der Waals surface area contributed by atoms with Crippen LogP contribution < -0.4 is 10.1 Å². The molecule has 2 rings (SSSR count). The first kappa shape index (κ1) is 22.1. The van der Waals surface area contributed by atoms with E-state index in [2.05, 4.69) is 17.2 Å². The molecule has 0 bridgehead atoms. The third kappa shape index (κ3) is 5.62. The van der Waals surface area contributed by atoms with Crippen LogP contribution in [0.2, 0.25) is 10.2 Å². The van der Waals surface area contributed by atoms with Gasteiger partial charge in [0.2, 0.25) is 5.88 Å². The Balaban J connectivity index is 2.06. The summed E-state index contributed by atoms with van der Waals surface area (Å²) in [5.74, 6) is 0.456. The maximum Gasteiger partial charge on any atom is 0.410 e. The minimum atomic E-state index is -0.512. The molecule has 1 amide bonds. The normalized spacial score (nSPS) is 20.8. The van der Waals surface area contributed by atoms with E-state index >= 15 is 0 Å². The van der Waals surface area contributed by atoms with Gasteiger partial charge in [-0.05, 0) is 54.2 Å². The Hall–Kier alpha value is -1.24. The van der Waals surface area contributed by atoms with E-state index in [4.69, 9.17) is 32.7 Å². The molecule has 1 fully saturated rings. The van der Waals surface area contributed by atoms with Crippen molar-refractivity contribution < 1.29 is 14.3 Å². The maximum atomic E-state index is 12.4. The highest BCUT2D eigenvalue weighted by atomic mass is 35.5. The average Bonchev–Trinajstić information content (AvgIpc) is 2.49. The number of rotatable bonds is 6. The first-order valence-corrected chi connectivity index (χ1v) is 9.87. The first-order chi connectivity index (χ1) is 12.4. The topological polar surface area (TPSA) is 63.7 Å². The predicted molar refractivity (Wildman–Crippen MR) is 108 cm³/mol. The highest BCUT2D eigenvalue weighted by Crippen LogP contribution is 2.37. The first-order valence-electron chi connectivity index (χ1n) is 9.12. The second-order valence-corrected chi connectivity index (χ2v) is 9.03. The Morgan fingerprint density at radius 3 is 2.63 bits per heavy atom. The van der Waals surface area contributed by atoms with Gasteiger partial charge in [0.05, 0.1) is 11.1 Å². The second-order valence-electron chi connectivity index (χ2n) is 8.27. The zero-order valence-electron chi connectivity index (χ0n) is 16.9. The minimum Gasteiger partial charge on any atom is -0.474 e. The van der Waals surface area contributed by atoms with E-state index in [0.717, 1.165) is 12.0 Å². The molecule has 2 unspecified atom stereocenters. The number of aromatic nitrogens is 1. The van der Waals surface area contributed by atoms with Gasteiger partial charge in [-0.25, -0.2) is 4.79 Å². The molecule has 0 aromatic carbocycles. The number of likely N-dealkylation sites (tertiary alicyclic amines) is 1. The van der Waals surface area contributed by atoms with Crippen LogP contribution in [0.3, 0.4) is 0 Å². The molecule has 1 aromatic heterocycles. The van der Waals surface area contributed by atoms with Crippen molar-refractivity contribution in [1.82, 2.24) is 15.2 Å². The molecule has 1 aliphatic rings. The largest absolute Gasteiger partial charge is 0.474 e. The smallest absolute Gasteiger partial charge is 0.410 e. The molecular weight excluding hydrogens is 389 g/mol. The standard InChI is InChI=1S/C19H29Cl2N3O3/c1-12(26-16-13(11-22-6)9-14(20)15(21)23-16)10-19(5)7-8-24(19)17(25)27-18(2,3)4/h9,12,22H,7-8,10-11H2,1-6H3. The van der Waals surface area contributed by atoms with Crippen LogP contribution in [0.25, 0.3) is 0 Å². The van der Waals surface area contributed by atoms with Gasteiger partial charge in [-0.15, -0.1) is 0 Å². The van der Waals surface area contributed by atoms with Gasteiger partial charge in [0.25, 0.3) is 0 Å². The minimum absolute atomic E-state index is 0.166. The lowest BCUT2D eigenvalue weighted by atomic mass is 9.82. The Labute approximate surface area is 171 Å². The Bertz CT molecular complexity index is 694. The Morgan fingerprint density at radius 1 is 1.44 bits per heavy atom. The van der Waals surface area contributed by atoms with E-state index in [9.17, 15) is 4.79 Å². The van der Waals surface area contributed by atoms with Gasteiger partial charge in [0.1, 0.15) is 5.60 Å². The van der Waals surface area contributed by atoms with Crippen molar-refractivity contribution in [2.24, 2.45) is 0 Å². The maximum absolute atomic E-state index is 12.4. The molecule has 152 valence electrons. The molecule has 27 heavy (non-hydrogen) atoms. The predicted octanol–water partition coefficient (Wildman–Crippen LogP) is 4.66. The summed E-state index contributed by atoms with van der Waals surface area (Å²) in [5.41, 5.74) is 0.0181. The van der Waals surface area contributed by atoms with Crippen molar-refractivity contribution in [3.63, 3.8) is 0 Å². The summed E-state index contributed by atoms with van der Waals surface area (Å²) >= 11 is 12.1. The number of carbonyl (C=O) groups excluding carboxylic acids is 1. The summed E-state index contributed by atoms with van der Waals surface area (Å²) in [6.07, 6.45) is 1.11. The molecular formula is C19H29Cl2N3O3. The molecule has 1 N–H and O–H groups in total. The number of hydrogen-bond donors (Lipinski definition) is 1. The van der Waals surface area contributed by atoms with Crippen LogP contribution >= 0.6 is 23.2 Å². The average molecular weight is 418 g/mol. The van der Waals surface area contributed by atoms with Crippen molar-refractivity contribution in [3.05, 3.63) is 21.8 Å². The van der Waals surface area contributed by atoms with Crippen LogP contribution in [0.4, 0.5) is 4.79 Å². The van der Waals surface area contributed by atoms with Gasteiger partial charge in [-0.3, -0.25) is 0 Å². The Morgan fingerprint density at radius 2 is 2.11 bits per heavy atom. The summed E-state index contributed by atoms with van der Waals surface area (Å²) < 4.78 is 11.6. The SMILES string of the molecule is CNCc1cc(Cl)c(Cl)nc1OC(C)CC1(C)CCN1C(=O)OC(C)(C)C. The van der Waals surface area contributed by atoms with E-state index in [1.54, 1.807) is 11.0 Å². The molecule has 0 spiro atoms. The number of carbonyl (C=O) groups is 1. The quantitative estimate of drug-likeness (QED) is 0.681. The van der Waals surface area contributed by atoms with Crippen LogP contribution in [0.1, 0.15) is 53.0 Å². The monoisotopic (exact) mass is 417 g/mol. The highest BCUT2D eigenvalue weighted by molar-refractivity contribution is 6.41. The summed E-state index contributed by atoms with van der Waals surface area (Å²) in [7, 11) is 1.84. The number of nitrogens with zero attached hydrogens (tertiary/aromatic N) is 2. The van der Waals surface area contributed by atoms with Crippen molar-refractivity contribution >= 4 is 29.3 Å². The van der Waals surface area contributed by atoms with E-state index in [0.29, 0.717) is 30.4 Å². The lowest BCUT2D eigenvalue weighted by Gasteiger charge is -2.51. The fourth-order valence-corrected chi connectivity index (χ4v) is 3.51. The van der Waals surface area contributed by atoms with Crippen LogP contribution in [-0.2, 0) is 11.3 Å². The van der Waals surface area contributed by atoms with Gasteiger partial charge in [0, 0.05) is 30.6 Å². The molecule has 2 atom stereocenters. The molecule has 1 aliphatic heterocycles. The molecule has 0 saturated carbocycles. The van der Waals surface area contributed by atoms with Crippen molar-refractivity contribution in [3.8, 4) is 5.88 Å². The molecule has 1 saturated heterocycles. The summed E-state index contributed by atoms with van der Waals surface area (Å²) in [6.45, 7) is 10.9. The molecule has 6 nitrogen and oxygen atoms in total. The third-order valence-electron chi connectivity index (χ3n) is 4.52. The van der Waals surface area contributed by atoms with Crippen LogP contribution in [0.15, 0.2) is 6.07 Å². The molecule has 8 heteroatoms. The molecule has 2 heterocycles. The van der Waals surface area contributed by atoms with E-state index in [1.165, 1.54) is 0 Å². The van der Waals surface area contributed by atoms with Gasteiger partial charge in [0.15, 0.2) is 5.15 Å². The second kappa shape index (κ2) is 8.41. The van der Waals surface area contributed by atoms with Crippen molar-refractivity contribution in [2.75, 3.05) is 13.6 Å². The zero-order valence-corrected chi connectivity index (χ0v) is 18.4. The lowest BCUT2D eigenvalue weighted by molar-refractivity contribution is -0.0508. The van der Waals surface area contributed by atoms with Crippen LogP contribution in [0.5, 0.6) is 5.88 Å². The number of nitrogens with one attached hydrogen (secondary N) is 1. The fraction of sp³-hybridized carbons (Fsp3) is 0.684. The van der Waals surface area contributed by atoms with Gasteiger partial charge in [-0.2, -0.15) is 4.98 Å². The highest BCUT2D eigenvalue weighted by Gasteiger charge is 2.46. The van der Waals surface area contributed by atoms with Gasteiger partial charge in [-0.1, -0.05) is 23.2 Å². The molecule has 0 aliphatic carbocycles. The van der Waals surface area contributed by atoms with Crippen LogP contribution in [-0.4, -0.2) is 46.8 Å². The third-order valence-corrected chi connectivity index (χ3v) is 5.19. The summed E-state index contributed by atoms with van der Waals surface area (Å²) in [5, 5.41) is 3.67. The van der Waals surface area contributed by atoms with Gasteiger partial charge >= 0.3 is 6.09 Å². The zero-order chi connectivity index (χ0) is 20.4. The van der Waals surface area contributed by atoms with E-state index < -0.39 is 5.60 Å². The number of amides is 1. The summed E-state index contributed by atoms with van der Waals surface area (Å²) in [6, 6.07) is 1.76.